The standard InChI is InChI=1S/C14H22F3N3/c1-18-13(6-10-8-19-20(2)9-10)11-4-3-5-12(7-11)14(15,16)17/h8-9,11-13,18H,3-7H2,1-2H3. The van der Waals surface area contributed by atoms with E-state index in [1.807, 2.05) is 20.3 Å². The second-order valence-electron chi connectivity index (χ2n) is 5.79. The van der Waals surface area contributed by atoms with E-state index in [1.54, 1.807) is 10.9 Å². The molecule has 1 aliphatic rings. The first-order valence-corrected chi connectivity index (χ1v) is 7.11. The lowest BCUT2D eigenvalue weighted by atomic mass is 9.76. The third-order valence-electron chi connectivity index (χ3n) is 4.33. The maximum absolute atomic E-state index is 12.9. The number of hydrogen-bond donors (Lipinski definition) is 1. The number of aromatic nitrogens is 2. The minimum atomic E-state index is -4.05. The van der Waals surface area contributed by atoms with E-state index < -0.39 is 12.1 Å². The quantitative estimate of drug-likeness (QED) is 0.923. The van der Waals surface area contributed by atoms with Gasteiger partial charge < -0.3 is 5.32 Å². The van der Waals surface area contributed by atoms with Gasteiger partial charge >= 0.3 is 6.18 Å². The Kier molecular flexibility index (Phi) is 4.73. The van der Waals surface area contributed by atoms with Crippen molar-refractivity contribution in [1.29, 1.82) is 0 Å². The highest BCUT2D eigenvalue weighted by Gasteiger charge is 2.43. The third-order valence-corrected chi connectivity index (χ3v) is 4.33. The van der Waals surface area contributed by atoms with Crippen molar-refractivity contribution in [2.24, 2.45) is 18.9 Å². The van der Waals surface area contributed by atoms with Gasteiger partial charge in [-0.1, -0.05) is 6.42 Å². The van der Waals surface area contributed by atoms with E-state index in [9.17, 15) is 13.2 Å². The molecule has 3 nitrogen and oxygen atoms in total. The van der Waals surface area contributed by atoms with Gasteiger partial charge in [0.1, 0.15) is 0 Å². The van der Waals surface area contributed by atoms with Gasteiger partial charge in [-0.2, -0.15) is 18.3 Å². The summed E-state index contributed by atoms with van der Waals surface area (Å²) in [5.41, 5.74) is 1.07. The maximum Gasteiger partial charge on any atom is 0.391 e. The van der Waals surface area contributed by atoms with E-state index in [4.69, 9.17) is 0 Å². The molecule has 114 valence electrons. The zero-order valence-electron chi connectivity index (χ0n) is 12.0. The van der Waals surface area contributed by atoms with Crippen LogP contribution in [0, 0.1) is 11.8 Å². The van der Waals surface area contributed by atoms with E-state index in [0.717, 1.165) is 18.4 Å². The molecule has 0 aromatic carbocycles. The second kappa shape index (κ2) is 6.16. The predicted molar refractivity (Wildman–Crippen MR) is 71.3 cm³/mol. The Bertz CT molecular complexity index is 428. The second-order valence-corrected chi connectivity index (χ2v) is 5.79. The summed E-state index contributed by atoms with van der Waals surface area (Å²) in [6, 6.07) is 0.0874. The molecule has 1 saturated carbocycles. The molecule has 1 N–H and O–H groups in total. The van der Waals surface area contributed by atoms with Gasteiger partial charge in [0.05, 0.1) is 12.1 Å². The number of hydrogen-bond acceptors (Lipinski definition) is 2. The molecule has 2 rings (SSSR count). The number of likely N-dealkylation sites (N-methyl/N-ethyl adjacent to an activating group) is 1. The van der Waals surface area contributed by atoms with Crippen molar-refractivity contribution in [3.8, 4) is 0 Å². The monoisotopic (exact) mass is 289 g/mol. The number of nitrogens with one attached hydrogen (secondary N) is 1. The van der Waals surface area contributed by atoms with Crippen LogP contribution in [-0.4, -0.2) is 29.0 Å². The average molecular weight is 289 g/mol. The lowest BCUT2D eigenvalue weighted by Gasteiger charge is -2.35. The molecular formula is C14H22F3N3. The molecule has 0 radical (unpaired) electrons. The molecular weight excluding hydrogens is 267 g/mol. The molecule has 3 unspecified atom stereocenters. The van der Waals surface area contributed by atoms with Crippen LogP contribution >= 0.6 is 0 Å². The van der Waals surface area contributed by atoms with Crippen molar-refractivity contribution < 1.29 is 13.2 Å². The number of rotatable bonds is 4. The SMILES string of the molecule is CNC(Cc1cnn(C)c1)C1CCCC(C(F)(F)F)C1. The first-order chi connectivity index (χ1) is 9.40. The van der Waals surface area contributed by atoms with E-state index in [1.165, 1.54) is 0 Å². The van der Waals surface area contributed by atoms with Crippen molar-refractivity contribution in [2.45, 2.75) is 44.3 Å². The minimum Gasteiger partial charge on any atom is -0.316 e. The lowest BCUT2D eigenvalue weighted by Crippen LogP contribution is -2.40. The first-order valence-electron chi connectivity index (χ1n) is 7.11. The van der Waals surface area contributed by atoms with Crippen LogP contribution in [0.15, 0.2) is 12.4 Å². The molecule has 0 spiro atoms. The van der Waals surface area contributed by atoms with Crippen molar-refractivity contribution >= 4 is 0 Å². The molecule has 1 aromatic heterocycles. The summed E-state index contributed by atoms with van der Waals surface area (Å²) in [5.74, 6) is -1.05. The van der Waals surface area contributed by atoms with Gasteiger partial charge in [-0.3, -0.25) is 4.68 Å². The van der Waals surface area contributed by atoms with Crippen molar-refractivity contribution in [2.75, 3.05) is 7.05 Å². The van der Waals surface area contributed by atoms with E-state index >= 15 is 0 Å². The zero-order valence-corrected chi connectivity index (χ0v) is 12.0. The van der Waals surface area contributed by atoms with Crippen LogP contribution in [0.5, 0.6) is 0 Å². The predicted octanol–water partition coefficient (Wildman–Crippen LogP) is 2.92. The van der Waals surface area contributed by atoms with Crippen molar-refractivity contribution in [3.05, 3.63) is 18.0 Å². The highest BCUT2D eigenvalue weighted by atomic mass is 19.4. The molecule has 1 heterocycles. The zero-order chi connectivity index (χ0) is 14.8. The molecule has 0 amide bonds. The summed E-state index contributed by atoms with van der Waals surface area (Å²) in [5, 5.41) is 7.31. The first kappa shape index (κ1) is 15.4. The van der Waals surface area contributed by atoms with E-state index in [2.05, 4.69) is 10.4 Å². The van der Waals surface area contributed by atoms with Crippen LogP contribution in [0.1, 0.15) is 31.2 Å². The Hall–Kier alpha value is -1.04. The fourth-order valence-corrected chi connectivity index (χ4v) is 3.23. The lowest BCUT2D eigenvalue weighted by molar-refractivity contribution is -0.186. The maximum atomic E-state index is 12.9. The molecule has 6 heteroatoms. The van der Waals surface area contributed by atoms with E-state index in [0.29, 0.717) is 6.42 Å². The van der Waals surface area contributed by atoms with Crippen molar-refractivity contribution in [3.63, 3.8) is 0 Å². The summed E-state index contributed by atoms with van der Waals surface area (Å²) < 4.78 is 40.4. The summed E-state index contributed by atoms with van der Waals surface area (Å²) in [6.45, 7) is 0. The van der Waals surface area contributed by atoms with Crippen molar-refractivity contribution in [1.82, 2.24) is 15.1 Å². The van der Waals surface area contributed by atoms with Gasteiger partial charge in [0.25, 0.3) is 0 Å². The van der Waals surface area contributed by atoms with Crippen LogP contribution in [-0.2, 0) is 13.5 Å². The molecule has 0 bridgehead atoms. The Labute approximate surface area is 117 Å². The van der Waals surface area contributed by atoms with Crippen LogP contribution in [0.25, 0.3) is 0 Å². The Balaban J connectivity index is 2.00. The molecule has 0 aliphatic heterocycles. The molecule has 0 saturated heterocycles. The van der Waals surface area contributed by atoms with Crippen LogP contribution in [0.4, 0.5) is 13.2 Å². The van der Waals surface area contributed by atoms with Gasteiger partial charge in [0, 0.05) is 19.3 Å². The van der Waals surface area contributed by atoms with E-state index in [-0.39, 0.29) is 24.8 Å². The van der Waals surface area contributed by atoms with Gasteiger partial charge in [-0.25, -0.2) is 0 Å². The van der Waals surface area contributed by atoms with Gasteiger partial charge in [0.2, 0.25) is 0 Å². The molecule has 1 aliphatic carbocycles. The normalized spacial score (nSPS) is 25.6. The number of nitrogens with zero attached hydrogens (tertiary/aromatic N) is 2. The average Bonchev–Trinajstić information content (AvgIpc) is 2.81. The summed E-state index contributed by atoms with van der Waals surface area (Å²) >= 11 is 0. The summed E-state index contributed by atoms with van der Waals surface area (Å²) in [4.78, 5) is 0. The molecule has 1 aromatic rings. The summed E-state index contributed by atoms with van der Waals surface area (Å²) in [7, 11) is 3.68. The van der Waals surface area contributed by atoms with Gasteiger partial charge in [-0.15, -0.1) is 0 Å². The smallest absolute Gasteiger partial charge is 0.316 e. The largest absolute Gasteiger partial charge is 0.391 e. The third kappa shape index (κ3) is 3.75. The Morgan fingerprint density at radius 2 is 2.20 bits per heavy atom. The minimum absolute atomic E-state index is 0.0839. The topological polar surface area (TPSA) is 29.9 Å². The number of alkyl halides is 3. The highest BCUT2D eigenvalue weighted by molar-refractivity contribution is 5.07. The number of aryl methyl sites for hydroxylation is 1. The van der Waals surface area contributed by atoms with Gasteiger partial charge in [0.15, 0.2) is 0 Å². The van der Waals surface area contributed by atoms with Crippen LogP contribution < -0.4 is 5.32 Å². The Morgan fingerprint density at radius 1 is 1.45 bits per heavy atom. The number of halogens is 3. The fraction of sp³-hybridized carbons (Fsp3) is 0.786. The molecule has 20 heavy (non-hydrogen) atoms. The molecule has 1 fully saturated rings. The summed E-state index contributed by atoms with van der Waals surface area (Å²) in [6.07, 6.45) is 2.46. The Morgan fingerprint density at radius 3 is 2.75 bits per heavy atom. The fourth-order valence-electron chi connectivity index (χ4n) is 3.23. The highest BCUT2D eigenvalue weighted by Crippen LogP contribution is 2.41. The van der Waals surface area contributed by atoms with Gasteiger partial charge in [-0.05, 0) is 44.2 Å². The van der Waals surface area contributed by atoms with Crippen LogP contribution in [0.2, 0.25) is 0 Å². The molecule has 3 atom stereocenters. The van der Waals surface area contributed by atoms with Crippen LogP contribution in [0.3, 0.4) is 0 Å².